The third-order valence-electron chi connectivity index (χ3n) is 5.83. The van der Waals surface area contributed by atoms with E-state index in [1.165, 1.54) is 36.0 Å². The fourth-order valence-electron chi connectivity index (χ4n) is 4.26. The summed E-state index contributed by atoms with van der Waals surface area (Å²) in [6, 6.07) is 19.9. The normalized spacial score (nSPS) is 22.7. The summed E-state index contributed by atoms with van der Waals surface area (Å²) in [5.74, 6) is 0.476. The van der Waals surface area contributed by atoms with Crippen molar-refractivity contribution in [1.29, 1.82) is 0 Å². The lowest BCUT2D eigenvalue weighted by Gasteiger charge is -2.42. The molecule has 1 saturated heterocycles. The van der Waals surface area contributed by atoms with E-state index in [0.717, 1.165) is 6.54 Å². The van der Waals surface area contributed by atoms with E-state index >= 15 is 0 Å². The number of rotatable bonds is 6. The van der Waals surface area contributed by atoms with Crippen LogP contribution in [0.1, 0.15) is 41.5 Å². The van der Waals surface area contributed by atoms with Gasteiger partial charge < -0.3 is 15.2 Å². The summed E-state index contributed by atoms with van der Waals surface area (Å²) in [5, 5.41) is 13.6. The van der Waals surface area contributed by atoms with Gasteiger partial charge in [-0.25, -0.2) is 0 Å². The van der Waals surface area contributed by atoms with Gasteiger partial charge in [-0.15, -0.1) is 0 Å². The van der Waals surface area contributed by atoms with Crippen molar-refractivity contribution in [2.24, 2.45) is 5.41 Å². The first-order chi connectivity index (χ1) is 12.3. The van der Waals surface area contributed by atoms with Crippen LogP contribution in [0.2, 0.25) is 0 Å². The van der Waals surface area contributed by atoms with Crippen molar-refractivity contribution in [3.05, 3.63) is 71.3 Å². The first kappa shape index (κ1) is 16.8. The van der Waals surface area contributed by atoms with Crippen molar-refractivity contribution in [2.45, 2.75) is 31.2 Å². The van der Waals surface area contributed by atoms with Gasteiger partial charge in [0.25, 0.3) is 0 Å². The van der Waals surface area contributed by atoms with Crippen LogP contribution in [0.15, 0.2) is 54.6 Å². The molecule has 0 saturated carbocycles. The zero-order chi connectivity index (χ0) is 17.1. The topological polar surface area (TPSA) is 41.5 Å². The molecule has 2 N–H and O–H groups in total. The number of benzene rings is 2. The average molecular weight is 337 g/mol. The minimum atomic E-state index is -0.110. The molecule has 2 aliphatic rings. The van der Waals surface area contributed by atoms with Crippen LogP contribution >= 0.6 is 0 Å². The molecule has 2 aromatic rings. The molecule has 3 heteroatoms. The summed E-state index contributed by atoms with van der Waals surface area (Å²) in [7, 11) is 0. The molecule has 0 radical (unpaired) electrons. The molecule has 2 atom stereocenters. The van der Waals surface area contributed by atoms with Crippen molar-refractivity contribution in [1.82, 2.24) is 5.32 Å². The van der Waals surface area contributed by atoms with E-state index in [0.29, 0.717) is 19.1 Å². The number of fused-ring (bicyclic) bond motifs is 1. The second-order valence-electron chi connectivity index (χ2n) is 7.62. The molecular weight excluding hydrogens is 310 g/mol. The molecule has 25 heavy (non-hydrogen) atoms. The fraction of sp³-hybridized carbons (Fsp3) is 0.455. The van der Waals surface area contributed by atoms with Gasteiger partial charge in [-0.05, 0) is 36.0 Å². The van der Waals surface area contributed by atoms with Crippen molar-refractivity contribution >= 4 is 0 Å². The Labute approximate surface area is 150 Å². The Morgan fingerprint density at radius 3 is 2.56 bits per heavy atom. The first-order valence-corrected chi connectivity index (χ1v) is 9.36. The Kier molecular flexibility index (Phi) is 4.89. The van der Waals surface area contributed by atoms with E-state index in [4.69, 9.17) is 4.74 Å². The van der Waals surface area contributed by atoms with Crippen molar-refractivity contribution in [3.8, 4) is 0 Å². The Hall–Kier alpha value is -1.68. The van der Waals surface area contributed by atoms with Crippen molar-refractivity contribution in [3.63, 3.8) is 0 Å². The van der Waals surface area contributed by atoms with Crippen LogP contribution in [0, 0.1) is 5.41 Å². The van der Waals surface area contributed by atoms with E-state index in [9.17, 15) is 5.11 Å². The highest BCUT2D eigenvalue weighted by molar-refractivity contribution is 5.36. The largest absolute Gasteiger partial charge is 0.396 e. The van der Waals surface area contributed by atoms with Gasteiger partial charge in [0.05, 0.1) is 25.2 Å². The Balaban J connectivity index is 1.62. The summed E-state index contributed by atoms with van der Waals surface area (Å²) < 4.78 is 5.37. The second kappa shape index (κ2) is 7.28. The predicted molar refractivity (Wildman–Crippen MR) is 99.6 cm³/mol. The Morgan fingerprint density at radius 2 is 1.84 bits per heavy atom. The number of aliphatic hydroxyl groups is 1. The number of nitrogens with one attached hydrogen (secondary N) is 1. The van der Waals surface area contributed by atoms with Gasteiger partial charge in [-0.2, -0.15) is 0 Å². The van der Waals surface area contributed by atoms with Crippen LogP contribution in [0.25, 0.3) is 0 Å². The summed E-state index contributed by atoms with van der Waals surface area (Å²) >= 11 is 0. The fourth-order valence-corrected chi connectivity index (χ4v) is 4.26. The van der Waals surface area contributed by atoms with Gasteiger partial charge in [0.2, 0.25) is 0 Å². The van der Waals surface area contributed by atoms with E-state index in [1.807, 2.05) is 0 Å². The molecule has 1 heterocycles. The molecule has 2 unspecified atom stereocenters. The number of hydrogen-bond acceptors (Lipinski definition) is 3. The third-order valence-corrected chi connectivity index (χ3v) is 5.83. The molecule has 0 aromatic heterocycles. The molecule has 3 nitrogen and oxygen atoms in total. The van der Waals surface area contributed by atoms with E-state index in [-0.39, 0.29) is 18.1 Å². The van der Waals surface area contributed by atoms with Crippen LogP contribution in [-0.4, -0.2) is 31.5 Å². The lowest BCUT2D eigenvalue weighted by molar-refractivity contribution is -0.135. The zero-order valence-electron chi connectivity index (χ0n) is 14.7. The van der Waals surface area contributed by atoms with E-state index < -0.39 is 0 Å². The van der Waals surface area contributed by atoms with Gasteiger partial charge in [-0.1, -0.05) is 54.6 Å². The van der Waals surface area contributed by atoms with Crippen LogP contribution in [0.4, 0.5) is 0 Å². The summed E-state index contributed by atoms with van der Waals surface area (Å²) in [5.41, 5.74) is 4.20. The van der Waals surface area contributed by atoms with E-state index in [2.05, 4.69) is 59.9 Å². The Bertz CT molecular complexity index is 691. The summed E-state index contributed by atoms with van der Waals surface area (Å²) in [6.45, 7) is 2.28. The highest BCUT2D eigenvalue weighted by atomic mass is 16.5. The molecule has 0 amide bonds. The maximum absolute atomic E-state index is 9.77. The molecule has 1 aliphatic carbocycles. The second-order valence-corrected chi connectivity index (χ2v) is 7.62. The zero-order valence-corrected chi connectivity index (χ0v) is 14.7. The smallest absolute Gasteiger partial charge is 0.0579 e. The van der Waals surface area contributed by atoms with Gasteiger partial charge in [0.1, 0.15) is 0 Å². The maximum atomic E-state index is 9.77. The highest BCUT2D eigenvalue weighted by Gasteiger charge is 2.39. The number of ether oxygens (including phenoxy) is 1. The van der Waals surface area contributed by atoms with Gasteiger partial charge in [-0.3, -0.25) is 0 Å². The highest BCUT2D eigenvalue weighted by Crippen LogP contribution is 2.41. The third kappa shape index (κ3) is 3.37. The molecular formula is C22H27NO2. The molecule has 0 spiro atoms. The number of aliphatic hydroxyl groups excluding tert-OH is 1. The molecule has 2 aromatic carbocycles. The standard InChI is InChI=1S/C22H27NO2/c24-14-22(15-25-16-22)13-23-21(18-8-2-1-3-9-18)20-12-6-10-17-7-4-5-11-19(17)20/h1-5,7-9,11,20-21,23-24H,6,10,12-16H2. The van der Waals surface area contributed by atoms with Crippen molar-refractivity contribution in [2.75, 3.05) is 26.4 Å². The number of hydrogen-bond donors (Lipinski definition) is 2. The van der Waals surface area contributed by atoms with Crippen LogP contribution < -0.4 is 5.32 Å². The minimum Gasteiger partial charge on any atom is -0.396 e. The first-order valence-electron chi connectivity index (χ1n) is 9.36. The van der Waals surface area contributed by atoms with Crippen LogP contribution in [0.5, 0.6) is 0 Å². The predicted octanol–water partition coefficient (Wildman–Crippen LogP) is 3.45. The maximum Gasteiger partial charge on any atom is 0.0579 e. The average Bonchev–Trinajstić information content (AvgIpc) is 2.65. The lowest BCUT2D eigenvalue weighted by atomic mass is 9.76. The molecule has 1 fully saturated rings. The lowest BCUT2D eigenvalue weighted by Crippen LogP contribution is -2.53. The quantitative estimate of drug-likeness (QED) is 0.848. The molecule has 0 bridgehead atoms. The number of aryl methyl sites for hydroxylation is 1. The minimum absolute atomic E-state index is 0.110. The van der Waals surface area contributed by atoms with Crippen molar-refractivity contribution < 1.29 is 9.84 Å². The van der Waals surface area contributed by atoms with Crippen LogP contribution in [-0.2, 0) is 11.2 Å². The summed E-state index contributed by atoms with van der Waals surface area (Å²) in [6.07, 6.45) is 3.62. The van der Waals surface area contributed by atoms with Crippen LogP contribution in [0.3, 0.4) is 0 Å². The van der Waals surface area contributed by atoms with Gasteiger partial charge in [0, 0.05) is 18.5 Å². The SMILES string of the molecule is OCC1(CNC(c2ccccc2)C2CCCc3ccccc32)COC1. The van der Waals surface area contributed by atoms with Gasteiger partial charge >= 0.3 is 0 Å². The molecule has 4 rings (SSSR count). The van der Waals surface area contributed by atoms with E-state index in [1.54, 1.807) is 0 Å². The molecule has 132 valence electrons. The monoisotopic (exact) mass is 337 g/mol. The summed E-state index contributed by atoms with van der Waals surface area (Å²) in [4.78, 5) is 0. The Morgan fingerprint density at radius 1 is 1.08 bits per heavy atom. The van der Waals surface area contributed by atoms with Gasteiger partial charge in [0.15, 0.2) is 0 Å². The molecule has 1 aliphatic heterocycles.